The van der Waals surface area contributed by atoms with Gasteiger partial charge in [-0.05, 0) is 25.1 Å². The van der Waals surface area contributed by atoms with Crippen LogP contribution in [0.15, 0.2) is 30.6 Å². The van der Waals surface area contributed by atoms with Gasteiger partial charge in [-0.3, -0.25) is 14.5 Å². The van der Waals surface area contributed by atoms with Crippen LogP contribution in [0.4, 0.5) is 0 Å². The molecule has 0 aromatic carbocycles. The third kappa shape index (κ3) is 1.97. The minimum atomic E-state index is -0.143. The standard InChI is InChI=1S/C11H10ClN3O/c1-2-15-10(5-6-14-15)11(16)9-4-3-8(12)7-13-9/h3-7H,2H2,1H3. The number of hydrogen-bond acceptors (Lipinski definition) is 3. The molecule has 0 N–H and O–H groups in total. The second kappa shape index (κ2) is 4.45. The molecule has 2 heterocycles. The Kier molecular flexibility index (Phi) is 3.01. The summed E-state index contributed by atoms with van der Waals surface area (Å²) in [5, 5.41) is 4.56. The minimum Gasteiger partial charge on any atom is -0.285 e. The molecule has 2 aromatic heterocycles. The first-order valence-corrected chi connectivity index (χ1v) is 5.28. The molecule has 0 spiro atoms. The highest BCUT2D eigenvalue weighted by molar-refractivity contribution is 6.30. The SMILES string of the molecule is CCn1nccc1C(=O)c1ccc(Cl)cn1. The topological polar surface area (TPSA) is 47.8 Å². The molecule has 0 amide bonds. The molecule has 0 radical (unpaired) electrons. The summed E-state index contributed by atoms with van der Waals surface area (Å²) in [6.07, 6.45) is 3.06. The third-order valence-corrected chi connectivity index (χ3v) is 2.43. The molecule has 0 aliphatic rings. The van der Waals surface area contributed by atoms with Crippen LogP contribution in [0, 0.1) is 0 Å². The van der Waals surface area contributed by atoms with E-state index in [0.717, 1.165) is 0 Å². The molecule has 2 aromatic rings. The second-order valence-electron chi connectivity index (χ2n) is 3.22. The molecule has 0 aliphatic carbocycles. The smallest absolute Gasteiger partial charge is 0.229 e. The zero-order chi connectivity index (χ0) is 11.5. The first-order valence-electron chi connectivity index (χ1n) is 4.90. The first kappa shape index (κ1) is 10.8. The van der Waals surface area contributed by atoms with Gasteiger partial charge >= 0.3 is 0 Å². The maximum atomic E-state index is 12.0. The molecule has 4 nitrogen and oxygen atoms in total. The number of rotatable bonds is 3. The van der Waals surface area contributed by atoms with Crippen LogP contribution in [-0.4, -0.2) is 20.5 Å². The molecule has 0 bridgehead atoms. The molecule has 2 rings (SSSR count). The lowest BCUT2D eigenvalue weighted by molar-refractivity contribution is 0.102. The van der Waals surface area contributed by atoms with Gasteiger partial charge in [0.15, 0.2) is 0 Å². The highest BCUT2D eigenvalue weighted by atomic mass is 35.5. The quantitative estimate of drug-likeness (QED) is 0.767. The van der Waals surface area contributed by atoms with E-state index in [1.165, 1.54) is 6.20 Å². The van der Waals surface area contributed by atoms with E-state index in [1.54, 1.807) is 29.1 Å². The van der Waals surface area contributed by atoms with Gasteiger partial charge < -0.3 is 0 Å². The van der Waals surface area contributed by atoms with Gasteiger partial charge in [-0.1, -0.05) is 11.6 Å². The largest absolute Gasteiger partial charge is 0.285 e. The van der Waals surface area contributed by atoms with E-state index in [4.69, 9.17) is 11.6 Å². The van der Waals surface area contributed by atoms with Crippen LogP contribution in [0.25, 0.3) is 0 Å². The summed E-state index contributed by atoms with van der Waals surface area (Å²) in [7, 11) is 0. The fourth-order valence-corrected chi connectivity index (χ4v) is 1.53. The van der Waals surface area contributed by atoms with Gasteiger partial charge in [-0.2, -0.15) is 5.10 Å². The molecule has 82 valence electrons. The van der Waals surface area contributed by atoms with Crippen molar-refractivity contribution in [3.8, 4) is 0 Å². The van der Waals surface area contributed by atoms with Crippen molar-refractivity contribution in [2.24, 2.45) is 0 Å². The Bertz CT molecular complexity index is 504. The minimum absolute atomic E-state index is 0.143. The van der Waals surface area contributed by atoms with Crippen LogP contribution in [0.3, 0.4) is 0 Å². The van der Waals surface area contributed by atoms with Gasteiger partial charge in [0.05, 0.1) is 5.02 Å². The van der Waals surface area contributed by atoms with Gasteiger partial charge in [0.2, 0.25) is 5.78 Å². The van der Waals surface area contributed by atoms with Crippen molar-refractivity contribution in [2.45, 2.75) is 13.5 Å². The fraction of sp³-hybridized carbons (Fsp3) is 0.182. The van der Waals surface area contributed by atoms with Gasteiger partial charge in [-0.15, -0.1) is 0 Å². The van der Waals surface area contributed by atoms with Crippen molar-refractivity contribution in [1.82, 2.24) is 14.8 Å². The number of carbonyl (C=O) groups excluding carboxylic acids is 1. The Hall–Kier alpha value is -1.68. The van der Waals surface area contributed by atoms with Gasteiger partial charge in [0.25, 0.3) is 0 Å². The average Bonchev–Trinajstić information content (AvgIpc) is 2.77. The van der Waals surface area contributed by atoms with Gasteiger partial charge in [-0.25, -0.2) is 0 Å². The molecule has 0 saturated carbocycles. The van der Waals surface area contributed by atoms with E-state index in [9.17, 15) is 4.79 Å². The van der Waals surface area contributed by atoms with E-state index in [2.05, 4.69) is 10.1 Å². The Morgan fingerprint density at radius 3 is 2.88 bits per heavy atom. The molecule has 0 atom stereocenters. The average molecular weight is 236 g/mol. The highest BCUT2D eigenvalue weighted by Gasteiger charge is 2.14. The van der Waals surface area contributed by atoms with E-state index >= 15 is 0 Å². The Morgan fingerprint density at radius 1 is 1.44 bits per heavy atom. The van der Waals surface area contributed by atoms with Crippen molar-refractivity contribution in [3.63, 3.8) is 0 Å². The van der Waals surface area contributed by atoms with Crippen molar-refractivity contribution in [1.29, 1.82) is 0 Å². The predicted octanol–water partition coefficient (Wildman–Crippen LogP) is 2.18. The van der Waals surface area contributed by atoms with E-state index in [-0.39, 0.29) is 5.78 Å². The summed E-state index contributed by atoms with van der Waals surface area (Å²) >= 11 is 5.71. The van der Waals surface area contributed by atoms with Crippen LogP contribution in [0.2, 0.25) is 5.02 Å². The van der Waals surface area contributed by atoms with Gasteiger partial charge in [0, 0.05) is 18.9 Å². The first-order chi connectivity index (χ1) is 7.72. The monoisotopic (exact) mass is 235 g/mol. The Balaban J connectivity index is 2.35. The molecule has 16 heavy (non-hydrogen) atoms. The number of hydrogen-bond donors (Lipinski definition) is 0. The molecule has 5 heteroatoms. The third-order valence-electron chi connectivity index (χ3n) is 2.21. The van der Waals surface area contributed by atoms with E-state index < -0.39 is 0 Å². The fourth-order valence-electron chi connectivity index (χ4n) is 1.42. The van der Waals surface area contributed by atoms with Crippen LogP contribution < -0.4 is 0 Å². The van der Waals surface area contributed by atoms with Crippen LogP contribution in [-0.2, 0) is 6.54 Å². The summed E-state index contributed by atoms with van der Waals surface area (Å²) in [6, 6.07) is 4.94. The number of ketones is 1. The maximum absolute atomic E-state index is 12.0. The van der Waals surface area contributed by atoms with Crippen LogP contribution >= 0.6 is 11.6 Å². The zero-order valence-electron chi connectivity index (χ0n) is 8.72. The van der Waals surface area contributed by atoms with Crippen molar-refractivity contribution >= 4 is 17.4 Å². The summed E-state index contributed by atoms with van der Waals surface area (Å²) in [4.78, 5) is 16.0. The molecule has 0 saturated heterocycles. The molecular weight excluding hydrogens is 226 g/mol. The van der Waals surface area contributed by atoms with Gasteiger partial charge in [0.1, 0.15) is 11.4 Å². The number of aryl methyl sites for hydroxylation is 1. The summed E-state index contributed by atoms with van der Waals surface area (Å²) in [5.74, 6) is -0.143. The number of pyridine rings is 1. The number of halogens is 1. The number of aromatic nitrogens is 3. The van der Waals surface area contributed by atoms with Crippen LogP contribution in [0.1, 0.15) is 23.1 Å². The molecule has 0 aliphatic heterocycles. The highest BCUT2D eigenvalue weighted by Crippen LogP contribution is 2.10. The van der Waals surface area contributed by atoms with Crippen molar-refractivity contribution in [3.05, 3.63) is 47.0 Å². The summed E-state index contributed by atoms with van der Waals surface area (Å²) in [5.41, 5.74) is 0.914. The maximum Gasteiger partial charge on any atom is 0.229 e. The summed E-state index contributed by atoms with van der Waals surface area (Å²) < 4.78 is 1.64. The zero-order valence-corrected chi connectivity index (χ0v) is 9.48. The summed E-state index contributed by atoms with van der Waals surface area (Å²) in [6.45, 7) is 2.58. The Morgan fingerprint density at radius 2 is 2.25 bits per heavy atom. The number of carbonyl (C=O) groups is 1. The molecular formula is C11H10ClN3O. The normalized spacial score (nSPS) is 10.4. The lowest BCUT2D eigenvalue weighted by Crippen LogP contribution is -2.11. The lowest BCUT2D eigenvalue weighted by Gasteiger charge is -2.02. The number of nitrogens with zero attached hydrogens (tertiary/aromatic N) is 3. The molecule has 0 unspecified atom stereocenters. The van der Waals surface area contributed by atoms with Crippen LogP contribution in [0.5, 0.6) is 0 Å². The van der Waals surface area contributed by atoms with E-state index in [1.807, 2.05) is 6.92 Å². The van der Waals surface area contributed by atoms with Crippen molar-refractivity contribution < 1.29 is 4.79 Å². The second-order valence-corrected chi connectivity index (χ2v) is 3.66. The van der Waals surface area contributed by atoms with Crippen molar-refractivity contribution in [2.75, 3.05) is 0 Å². The molecule has 0 fully saturated rings. The Labute approximate surface area is 97.9 Å². The van der Waals surface area contributed by atoms with E-state index in [0.29, 0.717) is 23.0 Å². The predicted molar refractivity (Wildman–Crippen MR) is 60.6 cm³/mol. The lowest BCUT2D eigenvalue weighted by atomic mass is 10.2.